The SMILES string of the molecule is CCCNCC(=O)Nc1ccc(Cl)cc1C(F)(F)F. The molecule has 3 nitrogen and oxygen atoms in total. The van der Waals surface area contributed by atoms with Gasteiger partial charge in [-0.05, 0) is 31.2 Å². The standard InChI is InChI=1S/C12H14ClF3N2O/c1-2-5-17-7-11(19)18-10-4-3-8(13)6-9(10)12(14,15)16/h3-4,6,17H,2,5,7H2,1H3,(H,18,19). The minimum absolute atomic E-state index is 0.0329. The summed E-state index contributed by atoms with van der Waals surface area (Å²) < 4.78 is 38.3. The van der Waals surface area contributed by atoms with Crippen LogP contribution in [0.1, 0.15) is 18.9 Å². The van der Waals surface area contributed by atoms with Crippen LogP contribution in [-0.4, -0.2) is 19.0 Å². The molecule has 0 aliphatic carbocycles. The van der Waals surface area contributed by atoms with E-state index in [1.807, 2.05) is 6.92 Å². The molecule has 0 saturated heterocycles. The van der Waals surface area contributed by atoms with Crippen molar-refractivity contribution in [2.75, 3.05) is 18.4 Å². The van der Waals surface area contributed by atoms with E-state index in [9.17, 15) is 18.0 Å². The molecule has 19 heavy (non-hydrogen) atoms. The van der Waals surface area contributed by atoms with Crippen molar-refractivity contribution < 1.29 is 18.0 Å². The van der Waals surface area contributed by atoms with Crippen molar-refractivity contribution >= 4 is 23.2 Å². The number of carbonyl (C=O) groups is 1. The van der Waals surface area contributed by atoms with Crippen LogP contribution >= 0.6 is 11.6 Å². The van der Waals surface area contributed by atoms with Crippen molar-refractivity contribution in [3.8, 4) is 0 Å². The van der Waals surface area contributed by atoms with Crippen LogP contribution in [0.3, 0.4) is 0 Å². The normalized spacial score (nSPS) is 11.4. The van der Waals surface area contributed by atoms with Gasteiger partial charge in [0, 0.05) is 5.02 Å². The highest BCUT2D eigenvalue weighted by atomic mass is 35.5. The summed E-state index contributed by atoms with van der Waals surface area (Å²) in [6, 6.07) is 3.23. The molecule has 2 N–H and O–H groups in total. The molecule has 0 aliphatic rings. The predicted octanol–water partition coefficient (Wildman–Crippen LogP) is 3.30. The number of amides is 1. The number of rotatable bonds is 5. The Hall–Kier alpha value is -1.27. The number of hydrogen-bond donors (Lipinski definition) is 2. The van der Waals surface area contributed by atoms with Crippen LogP contribution in [0.5, 0.6) is 0 Å². The lowest BCUT2D eigenvalue weighted by atomic mass is 10.1. The van der Waals surface area contributed by atoms with Crippen molar-refractivity contribution in [3.63, 3.8) is 0 Å². The monoisotopic (exact) mass is 294 g/mol. The Morgan fingerprint density at radius 1 is 1.37 bits per heavy atom. The Morgan fingerprint density at radius 3 is 2.63 bits per heavy atom. The molecule has 0 radical (unpaired) electrons. The molecule has 0 bridgehead atoms. The molecular formula is C12H14ClF3N2O. The van der Waals surface area contributed by atoms with E-state index in [-0.39, 0.29) is 17.3 Å². The summed E-state index contributed by atoms with van der Waals surface area (Å²) in [6.45, 7) is 2.51. The van der Waals surface area contributed by atoms with E-state index < -0.39 is 17.6 Å². The lowest BCUT2D eigenvalue weighted by Gasteiger charge is -2.14. The zero-order valence-electron chi connectivity index (χ0n) is 10.3. The number of anilines is 1. The van der Waals surface area contributed by atoms with Gasteiger partial charge in [0.1, 0.15) is 0 Å². The molecule has 0 fully saturated rings. The van der Waals surface area contributed by atoms with Gasteiger partial charge in [0.15, 0.2) is 0 Å². The van der Waals surface area contributed by atoms with Crippen molar-refractivity contribution in [1.29, 1.82) is 0 Å². The first kappa shape index (κ1) is 15.8. The van der Waals surface area contributed by atoms with Gasteiger partial charge in [-0.25, -0.2) is 0 Å². The van der Waals surface area contributed by atoms with Crippen molar-refractivity contribution in [3.05, 3.63) is 28.8 Å². The fourth-order valence-electron chi connectivity index (χ4n) is 1.43. The molecule has 1 aromatic rings. The summed E-state index contributed by atoms with van der Waals surface area (Å²) in [4.78, 5) is 11.5. The molecule has 0 unspecified atom stereocenters. The lowest BCUT2D eigenvalue weighted by Crippen LogP contribution is -2.29. The van der Waals surface area contributed by atoms with E-state index in [1.54, 1.807) is 0 Å². The minimum Gasteiger partial charge on any atom is -0.324 e. The van der Waals surface area contributed by atoms with E-state index in [0.717, 1.165) is 18.6 Å². The van der Waals surface area contributed by atoms with Gasteiger partial charge in [-0.15, -0.1) is 0 Å². The molecule has 0 saturated carbocycles. The maximum absolute atomic E-state index is 12.8. The van der Waals surface area contributed by atoms with E-state index in [1.165, 1.54) is 6.07 Å². The summed E-state index contributed by atoms with van der Waals surface area (Å²) in [5.74, 6) is -0.527. The largest absolute Gasteiger partial charge is 0.418 e. The highest BCUT2D eigenvalue weighted by Crippen LogP contribution is 2.36. The topological polar surface area (TPSA) is 41.1 Å². The van der Waals surface area contributed by atoms with Crippen molar-refractivity contribution in [2.45, 2.75) is 19.5 Å². The third-order valence-electron chi connectivity index (χ3n) is 2.27. The summed E-state index contributed by atoms with van der Waals surface area (Å²) >= 11 is 5.54. The predicted molar refractivity (Wildman–Crippen MR) is 68.2 cm³/mol. The highest BCUT2D eigenvalue weighted by Gasteiger charge is 2.34. The Balaban J connectivity index is 2.80. The van der Waals surface area contributed by atoms with Crippen LogP contribution in [0.25, 0.3) is 0 Å². The second-order valence-corrected chi connectivity index (χ2v) is 4.35. The molecule has 0 spiro atoms. The molecule has 0 heterocycles. The fraction of sp³-hybridized carbons (Fsp3) is 0.417. The van der Waals surface area contributed by atoms with Gasteiger partial charge in [0.2, 0.25) is 5.91 Å². The maximum Gasteiger partial charge on any atom is 0.418 e. The Morgan fingerprint density at radius 2 is 2.05 bits per heavy atom. The number of halogens is 4. The molecule has 1 aromatic carbocycles. The van der Waals surface area contributed by atoms with Crippen LogP contribution in [0.15, 0.2) is 18.2 Å². The Labute approximate surface area is 114 Å². The Kier molecular flexibility index (Phi) is 5.62. The molecule has 0 atom stereocenters. The van der Waals surface area contributed by atoms with Gasteiger partial charge in [-0.3, -0.25) is 4.79 Å². The lowest BCUT2D eigenvalue weighted by molar-refractivity contribution is -0.137. The number of benzene rings is 1. The molecule has 0 aliphatic heterocycles. The van der Waals surface area contributed by atoms with Gasteiger partial charge in [-0.2, -0.15) is 13.2 Å². The van der Waals surface area contributed by atoms with Crippen LogP contribution in [-0.2, 0) is 11.0 Å². The zero-order chi connectivity index (χ0) is 14.5. The highest BCUT2D eigenvalue weighted by molar-refractivity contribution is 6.30. The summed E-state index contributed by atoms with van der Waals surface area (Å²) in [5.41, 5.74) is -1.25. The smallest absolute Gasteiger partial charge is 0.324 e. The van der Waals surface area contributed by atoms with Crippen LogP contribution in [0.4, 0.5) is 18.9 Å². The molecular weight excluding hydrogens is 281 g/mol. The second kappa shape index (κ2) is 6.77. The second-order valence-electron chi connectivity index (χ2n) is 3.91. The van der Waals surface area contributed by atoms with E-state index in [2.05, 4.69) is 10.6 Å². The van der Waals surface area contributed by atoms with E-state index in [0.29, 0.717) is 6.54 Å². The molecule has 1 amide bonds. The number of nitrogens with one attached hydrogen (secondary N) is 2. The number of hydrogen-bond acceptors (Lipinski definition) is 2. The molecule has 7 heteroatoms. The van der Waals surface area contributed by atoms with Gasteiger partial charge in [0.25, 0.3) is 0 Å². The quantitative estimate of drug-likeness (QED) is 0.818. The average molecular weight is 295 g/mol. The van der Waals surface area contributed by atoms with Crippen LogP contribution in [0, 0.1) is 0 Å². The van der Waals surface area contributed by atoms with Gasteiger partial charge >= 0.3 is 6.18 Å². The van der Waals surface area contributed by atoms with Gasteiger partial charge in [-0.1, -0.05) is 18.5 Å². The third kappa shape index (κ3) is 5.08. The minimum atomic E-state index is -4.57. The first-order chi connectivity index (χ1) is 8.84. The third-order valence-corrected chi connectivity index (χ3v) is 2.51. The summed E-state index contributed by atoms with van der Waals surface area (Å²) in [7, 11) is 0. The van der Waals surface area contributed by atoms with E-state index in [4.69, 9.17) is 11.6 Å². The Bertz CT molecular complexity index is 449. The summed E-state index contributed by atoms with van der Waals surface area (Å²) in [5, 5.41) is 5.00. The zero-order valence-corrected chi connectivity index (χ0v) is 11.0. The van der Waals surface area contributed by atoms with Crippen molar-refractivity contribution in [1.82, 2.24) is 5.32 Å². The van der Waals surface area contributed by atoms with Crippen molar-refractivity contribution in [2.24, 2.45) is 0 Å². The van der Waals surface area contributed by atoms with Crippen LogP contribution in [0.2, 0.25) is 5.02 Å². The molecule has 1 rings (SSSR count). The molecule has 0 aromatic heterocycles. The number of carbonyl (C=O) groups excluding carboxylic acids is 1. The number of alkyl halides is 3. The maximum atomic E-state index is 12.8. The summed E-state index contributed by atoms with van der Waals surface area (Å²) in [6.07, 6.45) is -3.73. The average Bonchev–Trinajstić information content (AvgIpc) is 2.30. The van der Waals surface area contributed by atoms with Gasteiger partial charge in [0.05, 0.1) is 17.8 Å². The first-order valence-electron chi connectivity index (χ1n) is 5.72. The first-order valence-corrected chi connectivity index (χ1v) is 6.09. The van der Waals surface area contributed by atoms with Gasteiger partial charge < -0.3 is 10.6 Å². The van der Waals surface area contributed by atoms with E-state index >= 15 is 0 Å². The van der Waals surface area contributed by atoms with Crippen LogP contribution < -0.4 is 10.6 Å². The molecule has 106 valence electrons. The fourth-order valence-corrected chi connectivity index (χ4v) is 1.61.